The van der Waals surface area contributed by atoms with Crippen LogP contribution in [0.1, 0.15) is 24.8 Å². The van der Waals surface area contributed by atoms with Crippen molar-refractivity contribution in [3.63, 3.8) is 0 Å². The fourth-order valence-corrected chi connectivity index (χ4v) is 5.50. The largest absolute Gasteiger partial charge is 0.233 e. The molecular formula is C12H11Cl2FO2S. The van der Waals surface area contributed by atoms with E-state index >= 15 is 0 Å². The van der Waals surface area contributed by atoms with E-state index in [1.807, 2.05) is 6.07 Å². The minimum atomic E-state index is -3.45. The predicted molar refractivity (Wildman–Crippen MR) is 69.0 cm³/mol. The Labute approximate surface area is 115 Å². The molecule has 0 aromatic heterocycles. The average molecular weight is 309 g/mol. The SMILES string of the molecule is O=S(=O)(Cl)CC12CC(c3ccc(Cl)c(F)c3)(C1)C2. The number of hydrogen-bond donors (Lipinski definition) is 0. The van der Waals surface area contributed by atoms with Gasteiger partial charge < -0.3 is 0 Å². The van der Waals surface area contributed by atoms with Crippen molar-refractivity contribution in [1.29, 1.82) is 0 Å². The van der Waals surface area contributed by atoms with E-state index in [9.17, 15) is 12.8 Å². The van der Waals surface area contributed by atoms with Gasteiger partial charge in [-0.05, 0) is 47.8 Å². The van der Waals surface area contributed by atoms with Crippen molar-refractivity contribution < 1.29 is 12.8 Å². The molecule has 0 amide bonds. The molecule has 3 fully saturated rings. The molecule has 0 heterocycles. The Morgan fingerprint density at radius 1 is 1.28 bits per heavy atom. The second-order valence-electron chi connectivity index (χ2n) is 5.62. The van der Waals surface area contributed by atoms with E-state index < -0.39 is 14.9 Å². The molecule has 6 heteroatoms. The van der Waals surface area contributed by atoms with Gasteiger partial charge in [0.25, 0.3) is 0 Å². The van der Waals surface area contributed by atoms with Gasteiger partial charge in [-0.25, -0.2) is 12.8 Å². The molecular weight excluding hydrogens is 298 g/mol. The van der Waals surface area contributed by atoms with Crippen LogP contribution in [0.25, 0.3) is 0 Å². The molecule has 2 bridgehead atoms. The summed E-state index contributed by atoms with van der Waals surface area (Å²) in [4.78, 5) is 0. The third-order valence-electron chi connectivity index (χ3n) is 4.15. The lowest BCUT2D eigenvalue weighted by atomic mass is 9.34. The van der Waals surface area contributed by atoms with Crippen LogP contribution in [0.3, 0.4) is 0 Å². The van der Waals surface area contributed by atoms with Crippen LogP contribution in [0.15, 0.2) is 18.2 Å². The first kappa shape index (κ1) is 12.7. The summed E-state index contributed by atoms with van der Waals surface area (Å²) < 4.78 is 35.6. The Morgan fingerprint density at radius 3 is 2.39 bits per heavy atom. The van der Waals surface area contributed by atoms with Crippen LogP contribution in [0.4, 0.5) is 4.39 Å². The molecule has 0 aliphatic heterocycles. The van der Waals surface area contributed by atoms with Crippen molar-refractivity contribution in [3.05, 3.63) is 34.6 Å². The van der Waals surface area contributed by atoms with Gasteiger partial charge in [-0.15, -0.1) is 0 Å². The van der Waals surface area contributed by atoms with Gasteiger partial charge >= 0.3 is 0 Å². The standard InChI is InChI=1S/C12H11Cl2FO2S/c13-9-2-1-8(3-10(9)15)12-4-11(5-12,6-12)7-18(14,16)17/h1-3H,4-7H2. The quantitative estimate of drug-likeness (QED) is 0.801. The summed E-state index contributed by atoms with van der Waals surface area (Å²) in [5.74, 6) is -0.391. The highest BCUT2D eigenvalue weighted by molar-refractivity contribution is 8.13. The number of benzene rings is 1. The second-order valence-corrected chi connectivity index (χ2v) is 8.81. The summed E-state index contributed by atoms with van der Waals surface area (Å²) in [6.45, 7) is 0. The van der Waals surface area contributed by atoms with E-state index in [4.69, 9.17) is 22.3 Å². The normalized spacial score (nSPS) is 33.7. The summed E-state index contributed by atoms with van der Waals surface area (Å²) in [6, 6.07) is 4.84. The molecule has 1 aromatic carbocycles. The zero-order valence-electron chi connectivity index (χ0n) is 9.42. The van der Waals surface area contributed by atoms with E-state index in [0.29, 0.717) is 0 Å². The van der Waals surface area contributed by atoms with Gasteiger partial charge in [-0.1, -0.05) is 17.7 Å². The summed E-state index contributed by atoms with van der Waals surface area (Å²) in [6.07, 6.45) is 2.31. The zero-order chi connectivity index (χ0) is 13.2. The third-order valence-corrected chi connectivity index (χ3v) is 5.74. The first-order chi connectivity index (χ1) is 8.24. The van der Waals surface area contributed by atoms with Gasteiger partial charge in [0, 0.05) is 10.7 Å². The van der Waals surface area contributed by atoms with E-state index in [1.165, 1.54) is 6.07 Å². The Morgan fingerprint density at radius 2 is 1.89 bits per heavy atom. The van der Waals surface area contributed by atoms with E-state index in [-0.39, 0.29) is 21.6 Å². The van der Waals surface area contributed by atoms with Crippen molar-refractivity contribution in [2.24, 2.45) is 5.41 Å². The van der Waals surface area contributed by atoms with Crippen LogP contribution in [0.2, 0.25) is 5.02 Å². The molecule has 0 saturated heterocycles. The topological polar surface area (TPSA) is 34.1 Å². The fourth-order valence-electron chi connectivity index (χ4n) is 3.65. The zero-order valence-corrected chi connectivity index (χ0v) is 11.7. The van der Waals surface area contributed by atoms with Gasteiger partial charge in [-0.2, -0.15) is 0 Å². The Bertz CT molecular complexity index is 607. The minimum absolute atomic E-state index is 0.0272. The first-order valence-electron chi connectivity index (χ1n) is 5.62. The van der Waals surface area contributed by atoms with Gasteiger partial charge in [0.1, 0.15) is 5.82 Å². The second kappa shape index (κ2) is 3.62. The fraction of sp³-hybridized carbons (Fsp3) is 0.500. The van der Waals surface area contributed by atoms with Gasteiger partial charge in [-0.3, -0.25) is 0 Å². The van der Waals surface area contributed by atoms with Crippen molar-refractivity contribution >= 4 is 31.3 Å². The maximum Gasteiger partial charge on any atom is 0.233 e. The van der Waals surface area contributed by atoms with Crippen LogP contribution in [0.5, 0.6) is 0 Å². The molecule has 3 aliphatic carbocycles. The summed E-state index contributed by atoms with van der Waals surface area (Å²) in [5, 5.41) is 0.114. The van der Waals surface area contributed by atoms with Crippen LogP contribution < -0.4 is 0 Å². The third kappa shape index (κ3) is 1.86. The number of halogens is 3. The Balaban J connectivity index is 1.78. The van der Waals surface area contributed by atoms with Crippen molar-refractivity contribution in [3.8, 4) is 0 Å². The predicted octanol–water partition coefficient (Wildman–Crippen LogP) is 3.47. The van der Waals surface area contributed by atoms with Crippen LogP contribution in [-0.2, 0) is 14.5 Å². The maximum atomic E-state index is 13.4. The number of rotatable bonds is 3. The van der Waals surface area contributed by atoms with Crippen LogP contribution in [-0.4, -0.2) is 14.2 Å². The molecule has 0 N–H and O–H groups in total. The molecule has 18 heavy (non-hydrogen) atoms. The first-order valence-corrected chi connectivity index (χ1v) is 8.47. The van der Waals surface area contributed by atoms with Crippen molar-refractivity contribution in [2.45, 2.75) is 24.7 Å². The van der Waals surface area contributed by atoms with Crippen LogP contribution in [0, 0.1) is 11.2 Å². The lowest BCUT2D eigenvalue weighted by Crippen LogP contribution is -2.66. The van der Waals surface area contributed by atoms with Crippen LogP contribution >= 0.6 is 22.3 Å². The molecule has 1 aromatic rings. The minimum Gasteiger partial charge on any atom is -0.212 e. The lowest BCUT2D eigenvalue weighted by molar-refractivity contribution is -0.122. The highest BCUT2D eigenvalue weighted by Crippen LogP contribution is 2.74. The molecule has 0 atom stereocenters. The molecule has 2 nitrogen and oxygen atoms in total. The monoisotopic (exact) mass is 308 g/mol. The average Bonchev–Trinajstić information content (AvgIpc) is 2.12. The highest BCUT2D eigenvalue weighted by atomic mass is 35.7. The van der Waals surface area contributed by atoms with Crippen molar-refractivity contribution in [2.75, 3.05) is 5.75 Å². The smallest absolute Gasteiger partial charge is 0.212 e. The molecule has 3 saturated carbocycles. The molecule has 4 rings (SSSR count). The van der Waals surface area contributed by atoms with E-state index in [1.54, 1.807) is 6.07 Å². The van der Waals surface area contributed by atoms with Gasteiger partial charge in [0.05, 0.1) is 10.8 Å². The Kier molecular flexibility index (Phi) is 2.55. The summed E-state index contributed by atoms with van der Waals surface area (Å²) >= 11 is 5.65. The highest BCUT2D eigenvalue weighted by Gasteiger charge is 2.69. The molecule has 0 radical (unpaired) electrons. The lowest BCUT2D eigenvalue weighted by Gasteiger charge is -2.71. The Hall–Kier alpha value is -0.320. The summed E-state index contributed by atoms with van der Waals surface area (Å²) in [7, 11) is 1.84. The summed E-state index contributed by atoms with van der Waals surface area (Å²) in [5.41, 5.74) is 0.696. The van der Waals surface area contributed by atoms with Gasteiger partial charge in [0.2, 0.25) is 9.05 Å². The maximum absolute atomic E-state index is 13.4. The molecule has 3 aliphatic rings. The molecule has 0 unspecified atom stereocenters. The number of hydrogen-bond acceptors (Lipinski definition) is 2. The van der Waals surface area contributed by atoms with E-state index in [0.717, 1.165) is 24.8 Å². The van der Waals surface area contributed by atoms with Gasteiger partial charge in [0.15, 0.2) is 0 Å². The molecule has 98 valence electrons. The molecule has 0 spiro atoms. The van der Waals surface area contributed by atoms with Crippen molar-refractivity contribution in [1.82, 2.24) is 0 Å². The van der Waals surface area contributed by atoms with E-state index in [2.05, 4.69) is 0 Å².